The van der Waals surface area contributed by atoms with Gasteiger partial charge in [-0.2, -0.15) is 0 Å². The fourth-order valence-electron chi connectivity index (χ4n) is 2.29. The minimum atomic E-state index is -4.12. The molecular formula is C17H19N3O6S. The number of nitro benzene ring substituents is 1. The summed E-state index contributed by atoms with van der Waals surface area (Å²) in [6.07, 6.45) is 0. The second kappa shape index (κ2) is 8.60. The number of ether oxygens (including phenoxy) is 1. The monoisotopic (exact) mass is 393 g/mol. The molecule has 0 saturated carbocycles. The molecule has 9 nitrogen and oxygen atoms in total. The van der Waals surface area contributed by atoms with E-state index in [0.717, 1.165) is 12.1 Å². The average molecular weight is 393 g/mol. The third-order valence-corrected chi connectivity index (χ3v) is 5.12. The Kier molecular flexibility index (Phi) is 6.48. The highest BCUT2D eigenvalue weighted by Gasteiger charge is 2.26. The van der Waals surface area contributed by atoms with Gasteiger partial charge in [0.15, 0.2) is 4.90 Å². The molecule has 2 N–H and O–H groups in total. The maximum Gasteiger partial charge on any atom is 0.293 e. The lowest BCUT2D eigenvalue weighted by molar-refractivity contribution is -0.387. The molecule has 27 heavy (non-hydrogen) atoms. The Morgan fingerprint density at radius 2 is 1.85 bits per heavy atom. The van der Waals surface area contributed by atoms with E-state index >= 15 is 0 Å². The lowest BCUT2D eigenvalue weighted by Crippen LogP contribution is -2.24. The second-order valence-electron chi connectivity index (χ2n) is 5.47. The average Bonchev–Trinajstić information content (AvgIpc) is 2.66. The number of nitrogens with one attached hydrogen (secondary N) is 2. The third-order valence-electron chi connectivity index (χ3n) is 3.67. The number of nitrogens with zero attached hydrogens (tertiary/aromatic N) is 1. The largest absolute Gasteiger partial charge is 0.497 e. The fraction of sp³-hybridized carbons (Fsp3) is 0.235. The van der Waals surface area contributed by atoms with Crippen molar-refractivity contribution < 1.29 is 22.9 Å². The second-order valence-corrected chi connectivity index (χ2v) is 7.21. The number of methoxy groups -OCH3 is 1. The normalized spacial score (nSPS) is 11.0. The van der Waals surface area contributed by atoms with Crippen molar-refractivity contribution in [2.45, 2.75) is 18.4 Å². The molecule has 0 saturated heterocycles. The van der Waals surface area contributed by atoms with Crippen molar-refractivity contribution in [3.63, 3.8) is 0 Å². The number of carbonyl (C=O) groups excluding carboxylic acids is 1. The summed E-state index contributed by atoms with van der Waals surface area (Å²) in [5, 5.41) is 13.8. The van der Waals surface area contributed by atoms with Gasteiger partial charge in [-0.3, -0.25) is 14.9 Å². The minimum absolute atomic E-state index is 0.0821. The van der Waals surface area contributed by atoms with E-state index in [0.29, 0.717) is 17.7 Å². The zero-order valence-corrected chi connectivity index (χ0v) is 15.6. The van der Waals surface area contributed by atoms with Gasteiger partial charge in [-0.1, -0.05) is 12.1 Å². The lowest BCUT2D eigenvalue weighted by Gasteiger charge is -2.09. The van der Waals surface area contributed by atoms with Crippen LogP contribution in [0.5, 0.6) is 5.75 Å². The molecular weight excluding hydrogens is 374 g/mol. The molecule has 0 heterocycles. The number of rotatable bonds is 8. The standard InChI is InChI=1S/C17H19N3O6S/c1-3-18-17(21)13-6-4-12(5-7-13)11-19-27(24,25)16-9-8-14(26-2)10-15(16)20(22)23/h4-10,19H,3,11H2,1-2H3,(H,18,21). The maximum atomic E-state index is 12.5. The number of benzene rings is 2. The number of amides is 1. The molecule has 0 aromatic heterocycles. The smallest absolute Gasteiger partial charge is 0.293 e. The van der Waals surface area contributed by atoms with E-state index in [1.165, 1.54) is 13.2 Å². The number of hydrogen-bond acceptors (Lipinski definition) is 6. The van der Waals surface area contributed by atoms with Crippen molar-refractivity contribution in [3.05, 3.63) is 63.7 Å². The minimum Gasteiger partial charge on any atom is -0.497 e. The van der Waals surface area contributed by atoms with E-state index in [2.05, 4.69) is 10.0 Å². The lowest BCUT2D eigenvalue weighted by atomic mass is 10.1. The molecule has 0 spiro atoms. The summed E-state index contributed by atoms with van der Waals surface area (Å²) in [7, 11) is -2.79. The summed E-state index contributed by atoms with van der Waals surface area (Å²) >= 11 is 0. The summed E-state index contributed by atoms with van der Waals surface area (Å²) in [5.41, 5.74) is 0.477. The predicted octanol–water partition coefficient (Wildman–Crippen LogP) is 1.83. The predicted molar refractivity (Wildman–Crippen MR) is 98.1 cm³/mol. The van der Waals surface area contributed by atoms with Crippen molar-refractivity contribution in [1.82, 2.24) is 10.0 Å². The molecule has 10 heteroatoms. The molecule has 144 valence electrons. The van der Waals surface area contributed by atoms with Crippen LogP contribution < -0.4 is 14.8 Å². The molecule has 0 unspecified atom stereocenters. The first kappa shape index (κ1) is 20.3. The van der Waals surface area contributed by atoms with Gasteiger partial charge in [-0.25, -0.2) is 13.1 Å². The molecule has 0 aliphatic carbocycles. The zero-order chi connectivity index (χ0) is 20.0. The van der Waals surface area contributed by atoms with Crippen molar-refractivity contribution >= 4 is 21.6 Å². The molecule has 0 radical (unpaired) electrons. The van der Waals surface area contributed by atoms with Crippen LogP contribution in [0.2, 0.25) is 0 Å². The van der Waals surface area contributed by atoms with Crippen LogP contribution in [0.3, 0.4) is 0 Å². The van der Waals surface area contributed by atoms with Gasteiger partial charge in [-0.05, 0) is 36.8 Å². The van der Waals surface area contributed by atoms with Gasteiger partial charge in [-0.15, -0.1) is 0 Å². The zero-order valence-electron chi connectivity index (χ0n) is 14.8. The van der Waals surface area contributed by atoms with Crippen molar-refractivity contribution in [3.8, 4) is 5.75 Å². The Morgan fingerprint density at radius 1 is 1.19 bits per heavy atom. The van der Waals surface area contributed by atoms with Crippen molar-refractivity contribution in [2.75, 3.05) is 13.7 Å². The summed E-state index contributed by atoms with van der Waals surface area (Å²) in [6.45, 7) is 2.22. The van der Waals surface area contributed by atoms with E-state index in [9.17, 15) is 23.3 Å². The van der Waals surface area contributed by atoms with Gasteiger partial charge in [0.05, 0.1) is 18.1 Å². The highest BCUT2D eigenvalue weighted by atomic mass is 32.2. The Morgan fingerprint density at radius 3 is 2.41 bits per heavy atom. The van der Waals surface area contributed by atoms with Crippen LogP contribution in [0.25, 0.3) is 0 Å². The van der Waals surface area contributed by atoms with Crippen LogP contribution in [0.4, 0.5) is 5.69 Å². The molecule has 0 bridgehead atoms. The first-order valence-electron chi connectivity index (χ1n) is 7.97. The Labute approximate surface area is 156 Å². The number of sulfonamides is 1. The number of nitro groups is 1. The SMILES string of the molecule is CCNC(=O)c1ccc(CNS(=O)(=O)c2ccc(OC)cc2[N+](=O)[O-])cc1. The number of hydrogen-bond donors (Lipinski definition) is 2. The van der Waals surface area contributed by atoms with Crippen molar-refractivity contribution in [2.24, 2.45) is 0 Å². The molecule has 0 aliphatic rings. The van der Waals surface area contributed by atoms with Crippen LogP contribution in [-0.2, 0) is 16.6 Å². The first-order chi connectivity index (χ1) is 12.8. The molecule has 0 atom stereocenters. The van der Waals surface area contributed by atoms with E-state index in [1.54, 1.807) is 31.2 Å². The Hall–Kier alpha value is -2.98. The van der Waals surface area contributed by atoms with Gasteiger partial charge in [0.25, 0.3) is 11.6 Å². The molecule has 0 aliphatic heterocycles. The Balaban J connectivity index is 2.18. The van der Waals surface area contributed by atoms with Gasteiger partial charge in [0, 0.05) is 18.7 Å². The number of carbonyl (C=O) groups is 1. The maximum absolute atomic E-state index is 12.5. The third kappa shape index (κ3) is 5.02. The van der Waals surface area contributed by atoms with Crippen molar-refractivity contribution in [1.29, 1.82) is 0 Å². The van der Waals surface area contributed by atoms with Gasteiger partial charge >= 0.3 is 0 Å². The molecule has 2 aromatic rings. The van der Waals surface area contributed by atoms with Gasteiger partial charge in [0.2, 0.25) is 10.0 Å². The topological polar surface area (TPSA) is 128 Å². The van der Waals surface area contributed by atoms with E-state index in [1.807, 2.05) is 0 Å². The van der Waals surface area contributed by atoms with Crippen LogP contribution in [0, 0.1) is 10.1 Å². The first-order valence-corrected chi connectivity index (χ1v) is 9.46. The van der Waals surface area contributed by atoms with Crippen LogP contribution in [-0.4, -0.2) is 32.9 Å². The highest BCUT2D eigenvalue weighted by Crippen LogP contribution is 2.28. The Bertz CT molecular complexity index is 942. The van der Waals surface area contributed by atoms with E-state index in [4.69, 9.17) is 4.74 Å². The van der Waals surface area contributed by atoms with E-state index < -0.39 is 25.5 Å². The summed E-state index contributed by atoms with van der Waals surface area (Å²) in [5.74, 6) is -0.0416. The molecule has 2 rings (SSSR count). The quantitative estimate of drug-likeness (QED) is 0.520. The van der Waals surface area contributed by atoms with Gasteiger partial charge in [0.1, 0.15) is 5.75 Å². The highest BCUT2D eigenvalue weighted by molar-refractivity contribution is 7.89. The summed E-state index contributed by atoms with van der Waals surface area (Å²) in [6, 6.07) is 9.87. The molecule has 2 aromatic carbocycles. The summed E-state index contributed by atoms with van der Waals surface area (Å²) in [4.78, 5) is 21.7. The summed E-state index contributed by atoms with van der Waals surface area (Å²) < 4.78 is 32.2. The van der Waals surface area contributed by atoms with Crippen LogP contribution in [0.1, 0.15) is 22.8 Å². The molecule has 1 amide bonds. The van der Waals surface area contributed by atoms with Crippen LogP contribution >= 0.6 is 0 Å². The molecule has 0 fully saturated rings. The fourth-order valence-corrected chi connectivity index (χ4v) is 3.45. The van der Waals surface area contributed by atoms with E-state index in [-0.39, 0.29) is 18.2 Å². The van der Waals surface area contributed by atoms with Crippen LogP contribution in [0.15, 0.2) is 47.4 Å². The van der Waals surface area contributed by atoms with Gasteiger partial charge < -0.3 is 10.1 Å².